The second-order valence-corrected chi connectivity index (χ2v) is 5.97. The van der Waals surface area contributed by atoms with Gasteiger partial charge in [-0.15, -0.1) is 0 Å². The third-order valence-electron chi connectivity index (χ3n) is 2.96. The molecule has 0 bridgehead atoms. The first-order valence-corrected chi connectivity index (χ1v) is 7.54. The van der Waals surface area contributed by atoms with Crippen LogP contribution in [0.5, 0.6) is 0 Å². The molecule has 1 aromatic carbocycles. The minimum Gasteiger partial charge on any atom is -0.282 e. The van der Waals surface area contributed by atoms with E-state index in [1.807, 2.05) is 0 Å². The van der Waals surface area contributed by atoms with Crippen LogP contribution in [0.2, 0.25) is 0 Å². The van der Waals surface area contributed by atoms with Gasteiger partial charge in [0.15, 0.2) is 6.17 Å². The molecule has 1 aromatic rings. The molecule has 0 amide bonds. The second kappa shape index (κ2) is 7.71. The first-order chi connectivity index (χ1) is 10.9. The lowest BCUT2D eigenvalue weighted by Crippen LogP contribution is -2.47. The van der Waals surface area contributed by atoms with Crippen LogP contribution in [-0.2, 0) is 0 Å². The van der Waals surface area contributed by atoms with Gasteiger partial charge >= 0.3 is 12.1 Å². The molecule has 0 aliphatic carbocycles. The predicted octanol–water partition coefficient (Wildman–Crippen LogP) is 5.51. The SMILES string of the molecule is O=C(SCCC(F)(F)CC(F)C(F)(F)C(F)(F)F)c1ccccc1. The molecule has 1 rings (SSSR count). The molecule has 0 radical (unpaired) electrons. The maximum absolute atomic E-state index is 13.4. The van der Waals surface area contributed by atoms with Gasteiger partial charge in [0.05, 0.1) is 0 Å². The second-order valence-electron chi connectivity index (χ2n) is 4.90. The third kappa shape index (κ3) is 5.64. The quantitative estimate of drug-likeness (QED) is 0.580. The van der Waals surface area contributed by atoms with E-state index in [1.54, 1.807) is 6.07 Å². The van der Waals surface area contributed by atoms with Gasteiger partial charge in [-0.05, 0) is 0 Å². The summed E-state index contributed by atoms with van der Waals surface area (Å²) >= 11 is 0.445. The molecule has 1 atom stereocenters. The van der Waals surface area contributed by atoms with Gasteiger partial charge in [0, 0.05) is 24.2 Å². The van der Waals surface area contributed by atoms with Crippen molar-refractivity contribution in [1.29, 1.82) is 0 Å². The van der Waals surface area contributed by atoms with Crippen LogP contribution in [0.3, 0.4) is 0 Å². The molecule has 0 aliphatic rings. The van der Waals surface area contributed by atoms with Crippen molar-refractivity contribution in [3.05, 3.63) is 35.9 Å². The average molecular weight is 380 g/mol. The Morgan fingerprint density at radius 2 is 1.54 bits per heavy atom. The molecular weight excluding hydrogens is 368 g/mol. The highest BCUT2D eigenvalue weighted by Crippen LogP contribution is 2.43. The first-order valence-electron chi connectivity index (χ1n) is 6.55. The third-order valence-corrected chi connectivity index (χ3v) is 3.87. The summed E-state index contributed by atoms with van der Waals surface area (Å²) in [5, 5.41) is -0.566. The Labute approximate surface area is 136 Å². The predicted molar refractivity (Wildman–Crippen MR) is 73.3 cm³/mol. The largest absolute Gasteiger partial charge is 0.456 e. The molecule has 0 fully saturated rings. The standard InChI is InChI=1S/C14H12F8OS/c15-10(13(18,19)14(20,21)22)8-12(16,17)6-7-24-11(23)9-4-2-1-3-5-9/h1-5,10H,6-8H2. The number of halogens is 8. The van der Waals surface area contributed by atoms with E-state index in [1.165, 1.54) is 24.3 Å². The zero-order valence-electron chi connectivity index (χ0n) is 11.9. The molecule has 1 unspecified atom stereocenters. The van der Waals surface area contributed by atoms with E-state index in [0.29, 0.717) is 11.8 Å². The van der Waals surface area contributed by atoms with Crippen LogP contribution in [-0.4, -0.2) is 35.1 Å². The van der Waals surface area contributed by atoms with E-state index in [9.17, 15) is 39.9 Å². The molecular formula is C14H12F8OS. The number of thioether (sulfide) groups is 1. The van der Waals surface area contributed by atoms with Crippen molar-refractivity contribution in [2.45, 2.75) is 37.0 Å². The highest BCUT2D eigenvalue weighted by atomic mass is 32.2. The van der Waals surface area contributed by atoms with E-state index in [0.717, 1.165) is 0 Å². The molecule has 0 N–H and O–H groups in total. The number of benzene rings is 1. The molecule has 136 valence electrons. The van der Waals surface area contributed by atoms with Crippen LogP contribution in [0.15, 0.2) is 30.3 Å². The minimum absolute atomic E-state index is 0.220. The zero-order chi connectivity index (χ0) is 18.6. The number of carbonyl (C=O) groups is 1. The maximum atomic E-state index is 13.4. The van der Waals surface area contributed by atoms with Crippen LogP contribution in [0, 0.1) is 0 Å². The Morgan fingerprint density at radius 1 is 1.00 bits per heavy atom. The van der Waals surface area contributed by atoms with Gasteiger partial charge in [0.1, 0.15) is 0 Å². The summed E-state index contributed by atoms with van der Waals surface area (Å²) in [4.78, 5) is 11.6. The van der Waals surface area contributed by atoms with Crippen LogP contribution < -0.4 is 0 Å². The van der Waals surface area contributed by atoms with Crippen molar-refractivity contribution in [2.75, 3.05) is 5.75 Å². The fourth-order valence-electron chi connectivity index (χ4n) is 1.62. The summed E-state index contributed by atoms with van der Waals surface area (Å²) in [6.45, 7) is 0. The Hall–Kier alpha value is -1.32. The average Bonchev–Trinajstić information content (AvgIpc) is 2.46. The Balaban J connectivity index is 2.53. The van der Waals surface area contributed by atoms with Gasteiger partial charge in [-0.3, -0.25) is 4.79 Å². The maximum Gasteiger partial charge on any atom is 0.456 e. The molecule has 0 aliphatic heterocycles. The van der Waals surface area contributed by atoms with Gasteiger partial charge in [-0.2, -0.15) is 22.0 Å². The van der Waals surface area contributed by atoms with E-state index >= 15 is 0 Å². The Kier molecular flexibility index (Phi) is 6.66. The van der Waals surface area contributed by atoms with Gasteiger partial charge < -0.3 is 0 Å². The molecule has 1 nitrogen and oxygen atoms in total. The Morgan fingerprint density at radius 3 is 2.04 bits per heavy atom. The summed E-state index contributed by atoms with van der Waals surface area (Å²) < 4.78 is 101. The van der Waals surface area contributed by atoms with Crippen LogP contribution >= 0.6 is 11.8 Å². The van der Waals surface area contributed by atoms with Gasteiger partial charge in [0.25, 0.3) is 5.92 Å². The molecule has 0 heterocycles. The molecule has 0 saturated carbocycles. The van der Waals surface area contributed by atoms with Gasteiger partial charge in [-0.1, -0.05) is 42.1 Å². The van der Waals surface area contributed by atoms with Crippen LogP contribution in [0.1, 0.15) is 23.2 Å². The Bertz CT molecular complexity index is 543. The summed E-state index contributed by atoms with van der Waals surface area (Å²) in [5.41, 5.74) is 0.220. The normalized spacial score (nSPS) is 14.5. The van der Waals surface area contributed by atoms with E-state index in [2.05, 4.69) is 0 Å². The van der Waals surface area contributed by atoms with Crippen LogP contribution in [0.25, 0.3) is 0 Å². The zero-order valence-corrected chi connectivity index (χ0v) is 12.7. The number of rotatable bonds is 7. The number of hydrogen-bond acceptors (Lipinski definition) is 2. The number of alkyl halides is 8. The molecule has 24 heavy (non-hydrogen) atoms. The fourth-order valence-corrected chi connectivity index (χ4v) is 2.51. The number of hydrogen-bond donors (Lipinski definition) is 0. The smallest absolute Gasteiger partial charge is 0.282 e. The van der Waals surface area contributed by atoms with Gasteiger partial charge in [0.2, 0.25) is 5.12 Å². The summed E-state index contributed by atoms with van der Waals surface area (Å²) in [6.07, 6.45) is -13.8. The van der Waals surface area contributed by atoms with Crippen molar-refractivity contribution >= 4 is 16.9 Å². The molecule has 0 aromatic heterocycles. The first kappa shape index (κ1) is 20.7. The van der Waals surface area contributed by atoms with E-state index < -0.39 is 47.9 Å². The monoisotopic (exact) mass is 380 g/mol. The summed E-state index contributed by atoms with van der Waals surface area (Å²) in [5.74, 6) is -10.5. The highest BCUT2D eigenvalue weighted by molar-refractivity contribution is 8.14. The summed E-state index contributed by atoms with van der Waals surface area (Å²) in [6, 6.07) is 7.55. The van der Waals surface area contributed by atoms with E-state index in [-0.39, 0.29) is 5.56 Å². The van der Waals surface area contributed by atoms with E-state index in [4.69, 9.17) is 0 Å². The molecule has 0 spiro atoms. The van der Waals surface area contributed by atoms with Crippen molar-refractivity contribution in [3.8, 4) is 0 Å². The molecule has 10 heteroatoms. The lowest BCUT2D eigenvalue weighted by Gasteiger charge is -2.26. The fraction of sp³-hybridized carbons (Fsp3) is 0.500. The molecule has 0 saturated heterocycles. The van der Waals surface area contributed by atoms with Crippen molar-refractivity contribution in [3.63, 3.8) is 0 Å². The summed E-state index contributed by atoms with van der Waals surface area (Å²) in [7, 11) is 0. The van der Waals surface area contributed by atoms with Crippen molar-refractivity contribution in [1.82, 2.24) is 0 Å². The highest BCUT2D eigenvalue weighted by Gasteiger charge is 2.64. The topological polar surface area (TPSA) is 17.1 Å². The van der Waals surface area contributed by atoms with Crippen molar-refractivity contribution < 1.29 is 39.9 Å². The number of carbonyl (C=O) groups excluding carboxylic acids is 1. The van der Waals surface area contributed by atoms with Crippen LogP contribution in [0.4, 0.5) is 35.1 Å². The lowest BCUT2D eigenvalue weighted by molar-refractivity contribution is -0.308. The van der Waals surface area contributed by atoms with Crippen molar-refractivity contribution in [2.24, 2.45) is 0 Å². The van der Waals surface area contributed by atoms with Gasteiger partial charge in [-0.25, -0.2) is 13.2 Å². The lowest BCUT2D eigenvalue weighted by atomic mass is 10.0. The minimum atomic E-state index is -6.25.